The molecule has 2 aromatic rings. The monoisotopic (exact) mass is 458 g/mol. The Morgan fingerprint density at radius 2 is 1.75 bits per heavy atom. The molecule has 0 aliphatic rings. The lowest BCUT2D eigenvalue weighted by molar-refractivity contribution is -0.140. The minimum atomic E-state index is -0.458. The van der Waals surface area contributed by atoms with Gasteiger partial charge in [-0.3, -0.25) is 9.59 Å². The fourth-order valence-corrected chi connectivity index (χ4v) is 3.62. The lowest BCUT2D eigenvalue weighted by Crippen LogP contribution is -2.50. The smallest absolute Gasteiger partial charge is 0.242 e. The highest BCUT2D eigenvalue weighted by atomic mass is 35.5. The number of carbonyl (C=O) groups is 2. The van der Waals surface area contributed by atoms with Gasteiger partial charge in [0.05, 0.1) is 6.61 Å². The van der Waals surface area contributed by atoms with Gasteiger partial charge in [0.15, 0.2) is 0 Å². The van der Waals surface area contributed by atoms with Crippen molar-refractivity contribution < 1.29 is 14.3 Å². The summed E-state index contributed by atoms with van der Waals surface area (Å²) in [4.78, 5) is 27.7. The molecule has 174 valence electrons. The number of nitrogens with one attached hydrogen (secondary N) is 1. The summed E-state index contributed by atoms with van der Waals surface area (Å²) < 4.78 is 5.71. The van der Waals surface area contributed by atoms with E-state index >= 15 is 0 Å². The third kappa shape index (κ3) is 8.91. The molecule has 0 heterocycles. The van der Waals surface area contributed by atoms with Crippen LogP contribution in [-0.2, 0) is 16.0 Å². The van der Waals surface area contributed by atoms with Crippen LogP contribution in [0.4, 0.5) is 0 Å². The van der Waals surface area contributed by atoms with Gasteiger partial charge in [-0.15, -0.1) is 0 Å². The van der Waals surface area contributed by atoms with E-state index in [4.69, 9.17) is 16.3 Å². The predicted octanol–water partition coefficient (Wildman–Crippen LogP) is 5.27. The van der Waals surface area contributed by atoms with Crippen LogP contribution in [0, 0.1) is 0 Å². The van der Waals surface area contributed by atoms with Crippen molar-refractivity contribution in [2.24, 2.45) is 0 Å². The fraction of sp³-hybridized carbons (Fsp3) is 0.462. The summed E-state index contributed by atoms with van der Waals surface area (Å²) in [7, 11) is 0. The van der Waals surface area contributed by atoms with Crippen LogP contribution in [0.15, 0.2) is 54.6 Å². The molecule has 0 aliphatic heterocycles. The lowest BCUT2D eigenvalue weighted by atomic mass is 10.1. The molecular formula is C26H35ClN2O3. The maximum absolute atomic E-state index is 13.1. The van der Waals surface area contributed by atoms with Crippen molar-refractivity contribution in [1.29, 1.82) is 0 Å². The highest BCUT2D eigenvalue weighted by Crippen LogP contribution is 2.16. The molecule has 2 amide bonds. The van der Waals surface area contributed by atoms with Crippen LogP contribution in [0.2, 0.25) is 5.02 Å². The summed E-state index contributed by atoms with van der Waals surface area (Å²) in [6.07, 6.45) is 4.16. The highest BCUT2D eigenvalue weighted by Gasteiger charge is 2.27. The van der Waals surface area contributed by atoms with Crippen molar-refractivity contribution in [3.63, 3.8) is 0 Å². The number of unbranched alkanes of at least 4 members (excludes halogenated alkanes) is 1. The number of hydrogen-bond acceptors (Lipinski definition) is 3. The Morgan fingerprint density at radius 3 is 2.41 bits per heavy atom. The van der Waals surface area contributed by atoms with E-state index in [9.17, 15) is 9.59 Å². The van der Waals surface area contributed by atoms with E-state index in [0.717, 1.165) is 24.2 Å². The van der Waals surface area contributed by atoms with Crippen molar-refractivity contribution in [3.8, 4) is 5.75 Å². The zero-order chi connectivity index (χ0) is 23.2. The number of amides is 2. The molecule has 6 heteroatoms. The third-order valence-electron chi connectivity index (χ3n) is 5.32. The molecule has 0 spiro atoms. The zero-order valence-electron chi connectivity index (χ0n) is 19.2. The van der Waals surface area contributed by atoms with E-state index in [2.05, 4.69) is 12.2 Å². The van der Waals surface area contributed by atoms with Crippen molar-refractivity contribution in [2.75, 3.05) is 19.7 Å². The van der Waals surface area contributed by atoms with Gasteiger partial charge < -0.3 is 15.0 Å². The highest BCUT2D eigenvalue weighted by molar-refractivity contribution is 6.30. The number of hydrogen-bond donors (Lipinski definition) is 1. The Kier molecular flexibility index (Phi) is 11.7. The van der Waals surface area contributed by atoms with E-state index < -0.39 is 6.04 Å². The van der Waals surface area contributed by atoms with Crippen molar-refractivity contribution in [1.82, 2.24) is 10.2 Å². The SMILES string of the molecule is CCCCNC(=O)[C@@H](CC)N(CCc1ccccc1)C(=O)CCCOc1ccc(Cl)cc1. The average molecular weight is 459 g/mol. The largest absolute Gasteiger partial charge is 0.494 e. The van der Waals surface area contributed by atoms with Crippen LogP contribution >= 0.6 is 11.6 Å². The molecule has 0 saturated heterocycles. The van der Waals surface area contributed by atoms with E-state index in [1.165, 1.54) is 0 Å². The molecule has 32 heavy (non-hydrogen) atoms. The summed E-state index contributed by atoms with van der Waals surface area (Å²) in [6.45, 7) is 5.63. The summed E-state index contributed by atoms with van der Waals surface area (Å²) in [5, 5.41) is 3.65. The number of benzene rings is 2. The maximum atomic E-state index is 13.1. The lowest BCUT2D eigenvalue weighted by Gasteiger charge is -2.30. The second-order valence-electron chi connectivity index (χ2n) is 7.80. The summed E-state index contributed by atoms with van der Waals surface area (Å²) >= 11 is 5.89. The molecule has 5 nitrogen and oxygen atoms in total. The van der Waals surface area contributed by atoms with Crippen molar-refractivity contribution >= 4 is 23.4 Å². The van der Waals surface area contributed by atoms with Crippen molar-refractivity contribution in [3.05, 3.63) is 65.2 Å². The Labute approximate surface area is 197 Å². The summed E-state index contributed by atoms with van der Waals surface area (Å²) in [6, 6.07) is 16.8. The number of ether oxygens (including phenoxy) is 1. The predicted molar refractivity (Wildman–Crippen MR) is 130 cm³/mol. The van der Waals surface area contributed by atoms with Crippen LogP contribution in [-0.4, -0.2) is 42.5 Å². The Hall–Kier alpha value is -2.53. The molecule has 1 atom stereocenters. The first-order chi connectivity index (χ1) is 15.5. The average Bonchev–Trinajstić information content (AvgIpc) is 2.81. The molecular weight excluding hydrogens is 424 g/mol. The molecule has 2 rings (SSSR count). The Morgan fingerprint density at radius 1 is 1.03 bits per heavy atom. The molecule has 0 fully saturated rings. The van der Waals surface area contributed by atoms with Gasteiger partial charge in [-0.05, 0) is 55.5 Å². The standard InChI is InChI=1S/C26H35ClN2O3/c1-3-5-18-28-26(31)24(4-2)29(19-17-21-10-7-6-8-11-21)25(30)12-9-20-32-23-15-13-22(27)14-16-23/h6-8,10-11,13-16,24H,3-5,9,12,17-20H2,1-2H3,(H,28,31)/t24-/m1/s1. The Balaban J connectivity index is 1.96. The quantitative estimate of drug-likeness (QED) is 0.392. The number of rotatable bonds is 14. The van der Waals surface area contributed by atoms with E-state index in [1.807, 2.05) is 49.4 Å². The van der Waals surface area contributed by atoms with E-state index in [-0.39, 0.29) is 11.8 Å². The molecule has 2 aromatic carbocycles. The first-order valence-electron chi connectivity index (χ1n) is 11.5. The summed E-state index contributed by atoms with van der Waals surface area (Å²) in [5.41, 5.74) is 1.15. The molecule has 0 aliphatic carbocycles. The number of halogens is 1. The zero-order valence-corrected chi connectivity index (χ0v) is 19.9. The molecule has 0 bridgehead atoms. The molecule has 1 N–H and O–H groups in total. The van der Waals surface area contributed by atoms with Gasteiger partial charge in [0.2, 0.25) is 11.8 Å². The molecule has 0 saturated carbocycles. The van der Waals surface area contributed by atoms with Gasteiger partial charge >= 0.3 is 0 Å². The summed E-state index contributed by atoms with van der Waals surface area (Å²) in [5.74, 6) is 0.641. The van der Waals surface area contributed by atoms with Crippen LogP contribution in [0.3, 0.4) is 0 Å². The van der Waals surface area contributed by atoms with Gasteiger partial charge in [-0.1, -0.05) is 62.2 Å². The van der Waals surface area contributed by atoms with Gasteiger partial charge in [0.1, 0.15) is 11.8 Å². The van der Waals surface area contributed by atoms with Gasteiger partial charge in [-0.2, -0.15) is 0 Å². The first kappa shape index (κ1) is 25.7. The van der Waals surface area contributed by atoms with Gasteiger partial charge in [0, 0.05) is 24.5 Å². The third-order valence-corrected chi connectivity index (χ3v) is 5.57. The molecule has 0 radical (unpaired) electrons. The van der Waals surface area contributed by atoms with E-state index in [0.29, 0.717) is 50.4 Å². The first-order valence-corrected chi connectivity index (χ1v) is 11.9. The van der Waals surface area contributed by atoms with Gasteiger partial charge in [-0.25, -0.2) is 0 Å². The Bertz CT molecular complexity index is 812. The number of carbonyl (C=O) groups excluding carboxylic acids is 2. The van der Waals surface area contributed by atoms with Crippen LogP contribution in [0.1, 0.15) is 51.5 Å². The second-order valence-corrected chi connectivity index (χ2v) is 8.23. The minimum Gasteiger partial charge on any atom is -0.494 e. The van der Waals surface area contributed by atoms with E-state index in [1.54, 1.807) is 17.0 Å². The fourth-order valence-electron chi connectivity index (χ4n) is 3.49. The minimum absolute atomic E-state index is 0.0156. The molecule has 0 unspecified atom stereocenters. The molecule has 0 aromatic heterocycles. The topological polar surface area (TPSA) is 58.6 Å². The van der Waals surface area contributed by atoms with Crippen LogP contribution < -0.4 is 10.1 Å². The second kappa shape index (κ2) is 14.5. The van der Waals surface area contributed by atoms with Crippen molar-refractivity contribution in [2.45, 2.75) is 58.4 Å². The maximum Gasteiger partial charge on any atom is 0.242 e. The van der Waals surface area contributed by atoms with Crippen LogP contribution in [0.25, 0.3) is 0 Å². The number of nitrogens with zero attached hydrogens (tertiary/aromatic N) is 1. The van der Waals surface area contributed by atoms with Gasteiger partial charge in [0.25, 0.3) is 0 Å². The van der Waals surface area contributed by atoms with Crippen LogP contribution in [0.5, 0.6) is 5.75 Å². The normalized spacial score (nSPS) is 11.6.